The lowest BCUT2D eigenvalue weighted by atomic mass is 10.1. The van der Waals surface area contributed by atoms with E-state index in [4.69, 9.17) is 0 Å². The van der Waals surface area contributed by atoms with Crippen LogP contribution in [0.4, 0.5) is 4.39 Å². The van der Waals surface area contributed by atoms with Gasteiger partial charge in [-0.3, -0.25) is 4.79 Å². The molecule has 0 saturated carbocycles. The molecule has 0 aliphatic heterocycles. The first-order valence-corrected chi connectivity index (χ1v) is 8.55. The number of guanidine groups is 1. The maximum absolute atomic E-state index is 13.0. The molecular formula is C20H26FIN4O. The molecule has 0 radical (unpaired) electrons. The Morgan fingerprint density at radius 2 is 1.67 bits per heavy atom. The van der Waals surface area contributed by atoms with Crippen LogP contribution in [0.5, 0.6) is 0 Å². The lowest BCUT2D eigenvalue weighted by molar-refractivity contribution is -0.127. The molecular weight excluding hydrogens is 458 g/mol. The fraction of sp³-hybridized carbons (Fsp3) is 0.300. The third kappa shape index (κ3) is 8.85. The lowest BCUT2D eigenvalue weighted by Crippen LogP contribution is -2.43. The lowest BCUT2D eigenvalue weighted by Gasteiger charge is -2.15. The average molecular weight is 484 g/mol. The highest BCUT2D eigenvalue weighted by Gasteiger charge is 2.06. The summed E-state index contributed by atoms with van der Waals surface area (Å²) in [6, 6.07) is 16.4. The summed E-state index contributed by atoms with van der Waals surface area (Å²) >= 11 is 0. The van der Waals surface area contributed by atoms with Gasteiger partial charge in [-0.1, -0.05) is 42.5 Å². The van der Waals surface area contributed by atoms with E-state index in [-0.39, 0.29) is 42.2 Å². The predicted molar refractivity (Wildman–Crippen MR) is 118 cm³/mol. The Hall–Kier alpha value is -2.16. The van der Waals surface area contributed by atoms with E-state index < -0.39 is 0 Å². The molecule has 5 nitrogen and oxygen atoms in total. The monoisotopic (exact) mass is 484 g/mol. The minimum Gasteiger partial charge on any atom is -0.356 e. The fourth-order valence-corrected chi connectivity index (χ4v) is 2.22. The zero-order valence-electron chi connectivity index (χ0n) is 15.6. The van der Waals surface area contributed by atoms with Crippen molar-refractivity contribution in [3.05, 3.63) is 71.5 Å². The number of likely N-dealkylation sites (N-methyl/N-ethyl adjacent to an activating group) is 1. The van der Waals surface area contributed by atoms with Crippen molar-refractivity contribution in [1.82, 2.24) is 15.5 Å². The van der Waals surface area contributed by atoms with Crippen molar-refractivity contribution in [2.24, 2.45) is 4.99 Å². The van der Waals surface area contributed by atoms with Crippen molar-refractivity contribution in [1.29, 1.82) is 0 Å². The highest BCUT2D eigenvalue weighted by Crippen LogP contribution is 2.04. The molecule has 0 fully saturated rings. The maximum atomic E-state index is 13.0. The molecule has 0 aliphatic rings. The highest BCUT2D eigenvalue weighted by atomic mass is 127. The van der Waals surface area contributed by atoms with E-state index in [0.29, 0.717) is 19.0 Å². The molecule has 0 heterocycles. The Labute approximate surface area is 177 Å². The van der Waals surface area contributed by atoms with Crippen LogP contribution in [0.25, 0.3) is 0 Å². The van der Waals surface area contributed by atoms with Crippen molar-refractivity contribution in [2.75, 3.05) is 27.2 Å². The number of hydrogen-bond acceptors (Lipinski definition) is 2. The fourth-order valence-electron chi connectivity index (χ4n) is 2.22. The largest absolute Gasteiger partial charge is 0.356 e. The number of amides is 1. The SMILES string of the molecule is CN(C)C(=O)CNC(=NCc1ccc(F)cc1)NCCc1ccccc1.I. The van der Waals surface area contributed by atoms with Crippen LogP contribution in [0.2, 0.25) is 0 Å². The van der Waals surface area contributed by atoms with Gasteiger partial charge in [0.05, 0.1) is 13.1 Å². The molecule has 0 aromatic heterocycles. The van der Waals surface area contributed by atoms with Crippen molar-refractivity contribution < 1.29 is 9.18 Å². The number of nitrogens with one attached hydrogen (secondary N) is 2. The molecule has 0 atom stereocenters. The van der Waals surface area contributed by atoms with E-state index >= 15 is 0 Å². The van der Waals surface area contributed by atoms with Crippen molar-refractivity contribution in [2.45, 2.75) is 13.0 Å². The first-order valence-electron chi connectivity index (χ1n) is 8.55. The predicted octanol–water partition coefficient (Wildman–Crippen LogP) is 2.81. The van der Waals surface area contributed by atoms with E-state index in [2.05, 4.69) is 27.8 Å². The molecule has 0 bridgehead atoms. The summed E-state index contributed by atoms with van der Waals surface area (Å²) in [5.41, 5.74) is 2.12. The Balaban J connectivity index is 0.00000364. The van der Waals surface area contributed by atoms with Gasteiger partial charge in [-0.15, -0.1) is 24.0 Å². The van der Waals surface area contributed by atoms with Gasteiger partial charge < -0.3 is 15.5 Å². The van der Waals surface area contributed by atoms with Crippen molar-refractivity contribution in [3.63, 3.8) is 0 Å². The molecule has 0 aliphatic carbocycles. The molecule has 2 aromatic rings. The van der Waals surface area contributed by atoms with Gasteiger partial charge in [-0.05, 0) is 29.7 Å². The van der Waals surface area contributed by atoms with Crippen LogP contribution in [0.3, 0.4) is 0 Å². The van der Waals surface area contributed by atoms with Crippen LogP contribution in [-0.4, -0.2) is 44.0 Å². The van der Waals surface area contributed by atoms with Gasteiger partial charge in [0.15, 0.2) is 5.96 Å². The van der Waals surface area contributed by atoms with Gasteiger partial charge in [-0.2, -0.15) is 0 Å². The summed E-state index contributed by atoms with van der Waals surface area (Å²) in [5.74, 6) is 0.249. The van der Waals surface area contributed by atoms with Crippen LogP contribution >= 0.6 is 24.0 Å². The quantitative estimate of drug-likeness (QED) is 0.361. The van der Waals surface area contributed by atoms with Crippen molar-refractivity contribution in [3.8, 4) is 0 Å². The summed E-state index contributed by atoms with van der Waals surface area (Å²) in [6.07, 6.45) is 0.847. The number of carbonyl (C=O) groups is 1. The van der Waals surface area contributed by atoms with Gasteiger partial charge in [0.1, 0.15) is 5.82 Å². The standard InChI is InChI=1S/C20H25FN4O.HI/c1-25(2)19(26)15-24-20(22-13-12-16-6-4-3-5-7-16)23-14-17-8-10-18(21)11-9-17;/h3-11H,12-15H2,1-2H3,(H2,22,23,24);1H. The second kappa shape index (κ2) is 12.3. The average Bonchev–Trinajstić information content (AvgIpc) is 2.65. The Kier molecular flexibility index (Phi) is 10.4. The molecule has 0 spiro atoms. The summed E-state index contributed by atoms with van der Waals surface area (Å²) in [5, 5.41) is 6.28. The van der Waals surface area contributed by atoms with E-state index in [9.17, 15) is 9.18 Å². The van der Waals surface area contributed by atoms with Crippen LogP contribution < -0.4 is 10.6 Å². The molecule has 146 valence electrons. The highest BCUT2D eigenvalue weighted by molar-refractivity contribution is 14.0. The Morgan fingerprint density at radius 1 is 1.00 bits per heavy atom. The van der Waals surface area contributed by atoms with Crippen LogP contribution in [-0.2, 0) is 17.8 Å². The number of rotatable bonds is 7. The number of aliphatic imine (C=N–C) groups is 1. The van der Waals surface area contributed by atoms with Crippen LogP contribution in [0.1, 0.15) is 11.1 Å². The number of benzene rings is 2. The van der Waals surface area contributed by atoms with E-state index in [1.54, 1.807) is 26.2 Å². The van der Waals surface area contributed by atoms with Gasteiger partial charge in [0, 0.05) is 20.6 Å². The van der Waals surface area contributed by atoms with Gasteiger partial charge in [0.2, 0.25) is 5.91 Å². The molecule has 2 rings (SSSR count). The number of nitrogens with zero attached hydrogens (tertiary/aromatic N) is 2. The molecule has 2 N–H and O–H groups in total. The third-order valence-corrected chi connectivity index (χ3v) is 3.79. The first kappa shape index (κ1) is 22.9. The minimum atomic E-state index is -0.270. The second-order valence-electron chi connectivity index (χ2n) is 6.10. The summed E-state index contributed by atoms with van der Waals surface area (Å²) in [6.45, 7) is 1.25. The number of halogens is 2. The van der Waals surface area contributed by atoms with E-state index in [1.807, 2.05) is 18.2 Å². The number of carbonyl (C=O) groups excluding carboxylic acids is 1. The summed E-state index contributed by atoms with van der Waals surface area (Å²) in [7, 11) is 3.42. The molecule has 2 aromatic carbocycles. The zero-order valence-corrected chi connectivity index (χ0v) is 17.9. The topological polar surface area (TPSA) is 56.7 Å². The normalized spacial score (nSPS) is 10.7. The summed E-state index contributed by atoms with van der Waals surface area (Å²) in [4.78, 5) is 17.8. The first-order chi connectivity index (χ1) is 12.5. The minimum absolute atomic E-state index is 0. The van der Waals surface area contributed by atoms with Gasteiger partial charge in [0.25, 0.3) is 0 Å². The van der Waals surface area contributed by atoms with Gasteiger partial charge in [-0.25, -0.2) is 9.38 Å². The third-order valence-electron chi connectivity index (χ3n) is 3.79. The molecule has 7 heteroatoms. The van der Waals surface area contributed by atoms with Gasteiger partial charge >= 0.3 is 0 Å². The van der Waals surface area contributed by atoms with E-state index in [0.717, 1.165) is 12.0 Å². The van der Waals surface area contributed by atoms with Crippen molar-refractivity contribution >= 4 is 35.8 Å². The maximum Gasteiger partial charge on any atom is 0.241 e. The van der Waals surface area contributed by atoms with Crippen LogP contribution in [0, 0.1) is 5.82 Å². The molecule has 0 saturated heterocycles. The molecule has 0 unspecified atom stereocenters. The molecule has 27 heavy (non-hydrogen) atoms. The van der Waals surface area contributed by atoms with E-state index in [1.165, 1.54) is 22.6 Å². The molecule has 1 amide bonds. The Morgan fingerprint density at radius 3 is 2.30 bits per heavy atom. The zero-order chi connectivity index (χ0) is 18.8. The smallest absolute Gasteiger partial charge is 0.241 e. The Bertz CT molecular complexity index is 721. The second-order valence-corrected chi connectivity index (χ2v) is 6.10. The number of hydrogen-bond donors (Lipinski definition) is 2. The summed E-state index contributed by atoms with van der Waals surface area (Å²) < 4.78 is 13.0. The van der Waals surface area contributed by atoms with Crippen LogP contribution in [0.15, 0.2) is 59.6 Å².